The normalized spacial score (nSPS) is 12.1. The summed E-state index contributed by atoms with van der Waals surface area (Å²) in [5.41, 5.74) is 3.44. The van der Waals surface area contributed by atoms with Crippen LogP contribution in [0, 0.1) is 0 Å². The Hall–Kier alpha value is -3.42. The summed E-state index contributed by atoms with van der Waals surface area (Å²) in [6.07, 6.45) is 1.45. The third-order valence-electron chi connectivity index (χ3n) is 3.75. The van der Waals surface area contributed by atoms with Gasteiger partial charge in [0.25, 0.3) is 5.91 Å². The lowest BCUT2D eigenvalue weighted by atomic mass is 10.2. The van der Waals surface area contributed by atoms with E-state index in [1.807, 2.05) is 0 Å². The summed E-state index contributed by atoms with van der Waals surface area (Å²) in [4.78, 5) is 12.2. The first-order valence-corrected chi connectivity index (χ1v) is 7.69. The monoisotopic (exact) mass is 358 g/mol. The van der Waals surface area contributed by atoms with Crippen molar-refractivity contribution >= 4 is 12.1 Å². The Balaban J connectivity index is 1.77. The lowest BCUT2D eigenvalue weighted by molar-refractivity contribution is 0.0954. The van der Waals surface area contributed by atoms with Crippen molar-refractivity contribution in [3.8, 4) is 28.7 Å². The predicted molar refractivity (Wildman–Crippen MR) is 93.7 cm³/mol. The lowest BCUT2D eigenvalue weighted by Gasteiger charge is -2.12. The largest absolute Gasteiger partial charge is 0.496 e. The molecule has 0 aromatic heterocycles. The lowest BCUT2D eigenvalue weighted by Crippen LogP contribution is -2.17. The Morgan fingerprint density at radius 3 is 2.38 bits per heavy atom. The van der Waals surface area contributed by atoms with Crippen LogP contribution in [-0.2, 0) is 0 Å². The van der Waals surface area contributed by atoms with E-state index in [-0.39, 0.29) is 12.7 Å². The summed E-state index contributed by atoms with van der Waals surface area (Å²) in [5, 5.41) is 3.99. The second kappa shape index (κ2) is 7.64. The molecule has 1 aliphatic heterocycles. The zero-order valence-corrected chi connectivity index (χ0v) is 14.6. The molecule has 8 nitrogen and oxygen atoms in total. The molecule has 0 unspecified atom stereocenters. The zero-order valence-electron chi connectivity index (χ0n) is 14.6. The zero-order chi connectivity index (χ0) is 18.5. The fourth-order valence-corrected chi connectivity index (χ4v) is 2.42. The average Bonchev–Trinajstić information content (AvgIpc) is 3.15. The molecule has 3 rings (SSSR count). The van der Waals surface area contributed by atoms with Crippen LogP contribution in [0.5, 0.6) is 28.7 Å². The van der Waals surface area contributed by atoms with E-state index in [0.717, 1.165) is 0 Å². The van der Waals surface area contributed by atoms with Crippen molar-refractivity contribution in [1.29, 1.82) is 0 Å². The van der Waals surface area contributed by atoms with E-state index in [4.69, 9.17) is 23.7 Å². The van der Waals surface area contributed by atoms with Crippen LogP contribution in [0.15, 0.2) is 35.4 Å². The maximum atomic E-state index is 12.2. The second-order valence-corrected chi connectivity index (χ2v) is 5.21. The molecule has 1 N–H and O–H groups in total. The number of ether oxygens (including phenoxy) is 5. The van der Waals surface area contributed by atoms with Crippen LogP contribution in [0.4, 0.5) is 0 Å². The van der Waals surface area contributed by atoms with Crippen molar-refractivity contribution in [2.75, 3.05) is 28.1 Å². The molecular formula is C18H18N2O6. The van der Waals surface area contributed by atoms with Gasteiger partial charge in [0.15, 0.2) is 11.5 Å². The number of fused-ring (bicyclic) bond motifs is 1. The molecule has 0 spiro atoms. The quantitative estimate of drug-likeness (QED) is 0.629. The molecule has 0 saturated heterocycles. The molecule has 136 valence electrons. The van der Waals surface area contributed by atoms with Crippen molar-refractivity contribution in [2.24, 2.45) is 5.10 Å². The third-order valence-corrected chi connectivity index (χ3v) is 3.75. The first-order chi connectivity index (χ1) is 12.7. The molecule has 0 aliphatic carbocycles. The van der Waals surface area contributed by atoms with Gasteiger partial charge in [-0.3, -0.25) is 4.79 Å². The first kappa shape index (κ1) is 17.4. The molecule has 0 fully saturated rings. The molecule has 2 aromatic carbocycles. The highest BCUT2D eigenvalue weighted by Gasteiger charge is 2.16. The average molecular weight is 358 g/mol. The molecule has 0 radical (unpaired) electrons. The number of hydrogen-bond acceptors (Lipinski definition) is 7. The number of hydrazone groups is 1. The predicted octanol–water partition coefficient (Wildman–Crippen LogP) is 2.21. The fourth-order valence-electron chi connectivity index (χ4n) is 2.42. The highest BCUT2D eigenvalue weighted by atomic mass is 16.7. The fraction of sp³-hybridized carbons (Fsp3) is 0.222. The van der Waals surface area contributed by atoms with Crippen molar-refractivity contribution < 1.29 is 28.5 Å². The van der Waals surface area contributed by atoms with E-state index in [9.17, 15) is 4.79 Å². The van der Waals surface area contributed by atoms with Crippen LogP contribution in [0.2, 0.25) is 0 Å². The number of nitrogens with zero attached hydrogens (tertiary/aromatic N) is 1. The van der Waals surface area contributed by atoms with Crippen LogP contribution < -0.4 is 29.1 Å². The van der Waals surface area contributed by atoms with Crippen molar-refractivity contribution in [3.63, 3.8) is 0 Å². The van der Waals surface area contributed by atoms with Crippen molar-refractivity contribution in [1.82, 2.24) is 5.43 Å². The van der Waals surface area contributed by atoms with E-state index < -0.39 is 0 Å². The van der Waals surface area contributed by atoms with Gasteiger partial charge in [0, 0.05) is 17.7 Å². The van der Waals surface area contributed by atoms with Gasteiger partial charge < -0.3 is 23.7 Å². The second-order valence-electron chi connectivity index (χ2n) is 5.21. The van der Waals surface area contributed by atoms with Gasteiger partial charge in [-0.25, -0.2) is 5.43 Å². The maximum Gasteiger partial charge on any atom is 0.271 e. The van der Waals surface area contributed by atoms with Crippen LogP contribution >= 0.6 is 0 Å². The molecule has 26 heavy (non-hydrogen) atoms. The molecule has 2 aromatic rings. The highest BCUT2D eigenvalue weighted by molar-refractivity contribution is 5.96. The molecule has 0 saturated carbocycles. The molecule has 0 atom stereocenters. The highest BCUT2D eigenvalue weighted by Crippen LogP contribution is 2.33. The van der Waals surface area contributed by atoms with E-state index >= 15 is 0 Å². The molecule has 8 heteroatoms. The minimum absolute atomic E-state index is 0.148. The minimum atomic E-state index is -0.383. The van der Waals surface area contributed by atoms with Crippen molar-refractivity contribution in [3.05, 3.63) is 41.5 Å². The van der Waals surface area contributed by atoms with Gasteiger partial charge in [-0.05, 0) is 18.2 Å². The smallest absolute Gasteiger partial charge is 0.271 e. The number of nitrogens with one attached hydrogen (secondary N) is 1. The maximum absolute atomic E-state index is 12.2. The molecule has 1 aliphatic rings. The summed E-state index contributed by atoms with van der Waals surface area (Å²) in [5.74, 6) is 2.34. The van der Waals surface area contributed by atoms with E-state index in [2.05, 4.69) is 10.5 Å². The molecule has 0 bridgehead atoms. The topological polar surface area (TPSA) is 87.6 Å². The first-order valence-electron chi connectivity index (χ1n) is 7.69. The SMILES string of the molecule is COc1cc(OC)c(/C=N/NC(=O)c2ccc3c(c2)OCO3)c(OC)c1. The summed E-state index contributed by atoms with van der Waals surface area (Å²) >= 11 is 0. The number of carbonyl (C=O) groups is 1. The van der Waals surface area contributed by atoms with E-state index in [1.54, 1.807) is 37.4 Å². The van der Waals surface area contributed by atoms with Gasteiger partial charge in [0.05, 0.1) is 33.1 Å². The number of amides is 1. The van der Waals surface area contributed by atoms with Gasteiger partial charge >= 0.3 is 0 Å². The van der Waals surface area contributed by atoms with Gasteiger partial charge in [-0.15, -0.1) is 0 Å². The Bertz CT molecular complexity index is 825. The third kappa shape index (κ3) is 3.49. The number of benzene rings is 2. The Morgan fingerprint density at radius 1 is 1.04 bits per heavy atom. The summed E-state index contributed by atoms with van der Waals surface area (Å²) in [6, 6.07) is 8.30. The van der Waals surface area contributed by atoms with Gasteiger partial charge in [-0.1, -0.05) is 0 Å². The van der Waals surface area contributed by atoms with Crippen molar-refractivity contribution in [2.45, 2.75) is 0 Å². The Morgan fingerprint density at radius 2 is 1.73 bits per heavy atom. The van der Waals surface area contributed by atoms with Gasteiger partial charge in [-0.2, -0.15) is 5.10 Å². The van der Waals surface area contributed by atoms with E-state index in [1.165, 1.54) is 20.4 Å². The molecular weight excluding hydrogens is 340 g/mol. The summed E-state index contributed by atoms with van der Waals surface area (Å²) in [7, 11) is 4.60. The standard InChI is InChI=1S/C18H18N2O6/c1-22-12-7-15(23-2)13(16(8-12)24-3)9-19-20-18(21)11-4-5-14-17(6-11)26-10-25-14/h4-9H,10H2,1-3H3,(H,20,21)/b19-9+. The van der Waals surface area contributed by atoms with Crippen LogP contribution in [-0.4, -0.2) is 40.2 Å². The Kier molecular flexibility index (Phi) is 5.12. The van der Waals surface area contributed by atoms with Gasteiger partial charge in [0.1, 0.15) is 17.2 Å². The number of methoxy groups -OCH3 is 3. The number of carbonyl (C=O) groups excluding carboxylic acids is 1. The number of hydrogen-bond donors (Lipinski definition) is 1. The molecule has 1 heterocycles. The molecule has 1 amide bonds. The summed E-state index contributed by atoms with van der Waals surface area (Å²) < 4.78 is 26.3. The van der Waals surface area contributed by atoms with Crippen LogP contribution in [0.25, 0.3) is 0 Å². The van der Waals surface area contributed by atoms with Crippen LogP contribution in [0.3, 0.4) is 0 Å². The Labute approximate surface area is 150 Å². The summed E-state index contributed by atoms with van der Waals surface area (Å²) in [6.45, 7) is 0.148. The number of rotatable bonds is 6. The van der Waals surface area contributed by atoms with Crippen LogP contribution in [0.1, 0.15) is 15.9 Å². The van der Waals surface area contributed by atoms with E-state index in [0.29, 0.717) is 39.9 Å². The minimum Gasteiger partial charge on any atom is -0.496 e. The van der Waals surface area contributed by atoms with Gasteiger partial charge in [0.2, 0.25) is 6.79 Å².